The molecule has 0 unspecified atom stereocenters. The van der Waals surface area contributed by atoms with Gasteiger partial charge in [-0.2, -0.15) is 5.10 Å². The zero-order chi connectivity index (χ0) is 11.3. The van der Waals surface area contributed by atoms with Crippen LogP contribution in [0.1, 0.15) is 11.3 Å². The second-order valence-corrected chi connectivity index (χ2v) is 4.01. The molecular weight excluding hydrogens is 202 g/mol. The largest absolute Gasteiger partial charge is 0.306 e. The van der Waals surface area contributed by atoms with Crippen molar-refractivity contribution in [3.8, 4) is 0 Å². The molecule has 0 saturated carbocycles. The number of hydrogen-bond donors (Lipinski definition) is 1. The summed E-state index contributed by atoms with van der Waals surface area (Å²) < 4.78 is 1.79. The van der Waals surface area contributed by atoms with E-state index in [1.807, 2.05) is 38.1 Å². The molecule has 0 fully saturated rings. The molecule has 3 aromatic rings. The van der Waals surface area contributed by atoms with Crippen LogP contribution in [0.3, 0.4) is 0 Å². The number of rotatable bonds is 0. The van der Waals surface area contributed by atoms with E-state index in [-0.39, 0.29) is 5.56 Å². The lowest BCUT2D eigenvalue weighted by atomic mass is 10.1. The van der Waals surface area contributed by atoms with Gasteiger partial charge in [0, 0.05) is 6.07 Å². The quantitative estimate of drug-likeness (QED) is 0.619. The number of benzene rings is 1. The average Bonchev–Trinajstić information content (AvgIpc) is 2.59. The number of H-pyrrole nitrogens is 1. The van der Waals surface area contributed by atoms with Crippen LogP contribution in [-0.4, -0.2) is 14.6 Å². The number of nitrogens with one attached hydrogen (secondary N) is 1. The van der Waals surface area contributed by atoms with Crippen LogP contribution >= 0.6 is 0 Å². The first-order valence-corrected chi connectivity index (χ1v) is 5.15. The van der Waals surface area contributed by atoms with Crippen LogP contribution in [0.5, 0.6) is 0 Å². The maximum atomic E-state index is 11.9. The van der Waals surface area contributed by atoms with Gasteiger partial charge in [0.05, 0.1) is 16.6 Å². The highest BCUT2D eigenvalue weighted by atomic mass is 16.1. The fourth-order valence-electron chi connectivity index (χ4n) is 2.07. The zero-order valence-electron chi connectivity index (χ0n) is 9.11. The first kappa shape index (κ1) is 9.15. The molecule has 0 aliphatic rings. The molecule has 2 aromatic heterocycles. The fraction of sp³-hybridized carbons (Fsp3) is 0.167. The Labute approximate surface area is 91.5 Å². The lowest BCUT2D eigenvalue weighted by Crippen LogP contribution is -2.10. The third-order valence-electron chi connectivity index (χ3n) is 2.77. The lowest BCUT2D eigenvalue weighted by Gasteiger charge is -2.03. The van der Waals surface area contributed by atoms with Crippen LogP contribution in [0, 0.1) is 13.8 Å². The fourth-order valence-corrected chi connectivity index (χ4v) is 2.07. The summed E-state index contributed by atoms with van der Waals surface area (Å²) in [5.74, 6) is 0. The van der Waals surface area contributed by atoms with E-state index in [0.29, 0.717) is 5.39 Å². The van der Waals surface area contributed by atoms with Gasteiger partial charge in [-0.3, -0.25) is 4.79 Å². The molecule has 4 nitrogen and oxygen atoms in total. The third kappa shape index (κ3) is 1.10. The van der Waals surface area contributed by atoms with Crippen LogP contribution in [0.2, 0.25) is 0 Å². The lowest BCUT2D eigenvalue weighted by molar-refractivity contribution is 0.947. The van der Waals surface area contributed by atoms with Crippen LogP contribution in [0.25, 0.3) is 16.6 Å². The monoisotopic (exact) mass is 213 g/mol. The number of aryl methyl sites for hydroxylation is 2. The van der Waals surface area contributed by atoms with E-state index >= 15 is 0 Å². The molecule has 0 amide bonds. The van der Waals surface area contributed by atoms with Gasteiger partial charge in [0.25, 0.3) is 5.56 Å². The molecule has 1 aromatic carbocycles. The maximum Gasteiger partial charge on any atom is 0.259 e. The van der Waals surface area contributed by atoms with Gasteiger partial charge < -0.3 is 4.98 Å². The molecule has 1 N–H and O–H groups in total. The minimum absolute atomic E-state index is 0.0638. The Balaban J connectivity index is 2.72. The summed E-state index contributed by atoms with van der Waals surface area (Å²) in [7, 11) is 0. The van der Waals surface area contributed by atoms with Gasteiger partial charge in [-0.1, -0.05) is 12.1 Å². The van der Waals surface area contributed by atoms with Gasteiger partial charge in [0.15, 0.2) is 0 Å². The van der Waals surface area contributed by atoms with Crippen molar-refractivity contribution in [2.24, 2.45) is 0 Å². The molecule has 0 atom stereocenters. The number of aromatic nitrogens is 3. The Morgan fingerprint density at radius 3 is 2.94 bits per heavy atom. The van der Waals surface area contributed by atoms with Crippen molar-refractivity contribution in [3.63, 3.8) is 0 Å². The van der Waals surface area contributed by atoms with E-state index in [1.54, 1.807) is 4.52 Å². The number of nitrogens with zero attached hydrogens (tertiary/aromatic N) is 2. The van der Waals surface area contributed by atoms with E-state index in [1.165, 1.54) is 0 Å². The summed E-state index contributed by atoms with van der Waals surface area (Å²) in [5, 5.41) is 5.07. The van der Waals surface area contributed by atoms with Gasteiger partial charge >= 0.3 is 0 Å². The van der Waals surface area contributed by atoms with Gasteiger partial charge in [-0.05, 0) is 25.5 Å². The molecule has 0 aliphatic carbocycles. The summed E-state index contributed by atoms with van der Waals surface area (Å²) >= 11 is 0. The van der Waals surface area contributed by atoms with Crippen molar-refractivity contribution in [2.45, 2.75) is 13.8 Å². The highest BCUT2D eigenvalue weighted by molar-refractivity contribution is 5.83. The Kier molecular flexibility index (Phi) is 1.68. The summed E-state index contributed by atoms with van der Waals surface area (Å²) in [6.07, 6.45) is 0. The first-order chi connectivity index (χ1) is 7.66. The summed E-state index contributed by atoms with van der Waals surface area (Å²) in [6.45, 7) is 3.90. The average molecular weight is 213 g/mol. The molecule has 3 rings (SSSR count). The number of hydrogen-bond acceptors (Lipinski definition) is 2. The van der Waals surface area contributed by atoms with Crippen LogP contribution in [0.4, 0.5) is 0 Å². The maximum absolute atomic E-state index is 11.9. The Morgan fingerprint density at radius 1 is 1.31 bits per heavy atom. The van der Waals surface area contributed by atoms with Crippen molar-refractivity contribution in [1.29, 1.82) is 0 Å². The topological polar surface area (TPSA) is 50.2 Å². The zero-order valence-corrected chi connectivity index (χ0v) is 9.11. The summed E-state index contributed by atoms with van der Waals surface area (Å²) in [5.41, 5.74) is 3.51. The van der Waals surface area contributed by atoms with E-state index in [0.717, 1.165) is 22.4 Å². The van der Waals surface area contributed by atoms with Crippen LogP contribution in [0.15, 0.2) is 29.1 Å². The molecular formula is C12H11N3O. The van der Waals surface area contributed by atoms with Gasteiger partial charge in [0.1, 0.15) is 5.65 Å². The van der Waals surface area contributed by atoms with E-state index < -0.39 is 0 Å². The first-order valence-electron chi connectivity index (χ1n) is 5.15. The minimum atomic E-state index is -0.0638. The Bertz CT molecular complexity index is 752. The number of aromatic amines is 1. The molecule has 16 heavy (non-hydrogen) atoms. The molecule has 80 valence electrons. The van der Waals surface area contributed by atoms with Gasteiger partial charge in [0.2, 0.25) is 0 Å². The van der Waals surface area contributed by atoms with E-state index in [4.69, 9.17) is 0 Å². The Morgan fingerprint density at radius 2 is 2.12 bits per heavy atom. The summed E-state index contributed by atoms with van der Waals surface area (Å²) in [6, 6.07) is 7.55. The molecule has 0 saturated heterocycles. The predicted octanol–water partition coefficient (Wildman–Crippen LogP) is 1.79. The Hall–Kier alpha value is -2.10. The van der Waals surface area contributed by atoms with Gasteiger partial charge in [-0.25, -0.2) is 4.52 Å². The van der Waals surface area contributed by atoms with Crippen molar-refractivity contribution in [3.05, 3.63) is 45.9 Å². The predicted molar refractivity (Wildman–Crippen MR) is 62.8 cm³/mol. The second-order valence-electron chi connectivity index (χ2n) is 4.01. The molecule has 2 heterocycles. The summed E-state index contributed by atoms with van der Waals surface area (Å²) in [4.78, 5) is 14.7. The SMILES string of the molecule is Cc1cc2[nH]c(=O)c3cccc(C)c3n2n1. The molecule has 4 heteroatoms. The molecule has 0 radical (unpaired) electrons. The number of para-hydroxylation sites is 1. The van der Waals surface area contributed by atoms with Gasteiger partial charge in [-0.15, -0.1) is 0 Å². The normalized spacial score (nSPS) is 11.4. The molecule has 0 aliphatic heterocycles. The van der Waals surface area contributed by atoms with Crippen LogP contribution in [-0.2, 0) is 0 Å². The highest BCUT2D eigenvalue weighted by Crippen LogP contribution is 2.16. The smallest absolute Gasteiger partial charge is 0.259 e. The van der Waals surface area contributed by atoms with Crippen LogP contribution < -0.4 is 5.56 Å². The standard InChI is InChI=1S/C12H11N3O/c1-7-4-3-5-9-11(7)15-10(13-12(9)16)6-8(2)14-15/h3-6H,1-2H3,(H,13,16). The van der Waals surface area contributed by atoms with Crippen molar-refractivity contribution in [2.75, 3.05) is 0 Å². The van der Waals surface area contributed by atoms with Crippen molar-refractivity contribution < 1.29 is 0 Å². The number of fused-ring (bicyclic) bond motifs is 3. The molecule has 0 bridgehead atoms. The third-order valence-corrected chi connectivity index (χ3v) is 2.77. The highest BCUT2D eigenvalue weighted by Gasteiger charge is 2.08. The van der Waals surface area contributed by atoms with E-state index in [2.05, 4.69) is 10.1 Å². The van der Waals surface area contributed by atoms with E-state index in [9.17, 15) is 4.79 Å². The van der Waals surface area contributed by atoms with Crippen molar-refractivity contribution >= 4 is 16.6 Å². The minimum Gasteiger partial charge on any atom is -0.306 e. The molecule has 0 spiro atoms. The van der Waals surface area contributed by atoms with Crippen molar-refractivity contribution in [1.82, 2.24) is 14.6 Å². The second kappa shape index (κ2) is 2.95.